The van der Waals surface area contributed by atoms with Gasteiger partial charge in [0.05, 0.1) is 12.1 Å². The first-order valence-electron chi connectivity index (χ1n) is 5.85. The van der Waals surface area contributed by atoms with Crippen molar-refractivity contribution in [2.24, 2.45) is 5.41 Å². The summed E-state index contributed by atoms with van der Waals surface area (Å²) in [4.78, 5) is 4.33. The van der Waals surface area contributed by atoms with Gasteiger partial charge in [0.1, 0.15) is 5.75 Å². The second-order valence-electron chi connectivity index (χ2n) is 4.78. The van der Waals surface area contributed by atoms with E-state index in [9.17, 15) is 0 Å². The highest BCUT2D eigenvalue weighted by Gasteiger charge is 2.42. The van der Waals surface area contributed by atoms with Gasteiger partial charge in [-0.3, -0.25) is 4.98 Å². The summed E-state index contributed by atoms with van der Waals surface area (Å²) >= 11 is 3.55. The molecule has 1 fully saturated rings. The maximum absolute atomic E-state index is 5.86. The zero-order chi connectivity index (χ0) is 11.7. The van der Waals surface area contributed by atoms with Crippen molar-refractivity contribution in [1.29, 1.82) is 0 Å². The van der Waals surface area contributed by atoms with E-state index < -0.39 is 0 Å². The van der Waals surface area contributed by atoms with Crippen LogP contribution in [0.15, 0.2) is 36.5 Å². The molecule has 0 unspecified atom stereocenters. The summed E-state index contributed by atoms with van der Waals surface area (Å²) in [6.45, 7) is 0.802. The number of pyridine rings is 1. The highest BCUT2D eigenvalue weighted by Crippen LogP contribution is 2.47. The van der Waals surface area contributed by atoms with Gasteiger partial charge in [-0.05, 0) is 31.0 Å². The van der Waals surface area contributed by atoms with Gasteiger partial charge in [-0.25, -0.2) is 0 Å². The Morgan fingerprint density at radius 2 is 2.18 bits per heavy atom. The second-order valence-corrected chi connectivity index (χ2v) is 5.34. The van der Waals surface area contributed by atoms with E-state index in [-0.39, 0.29) is 0 Å². The lowest BCUT2D eigenvalue weighted by Gasteiger charge is -2.13. The zero-order valence-electron chi connectivity index (χ0n) is 9.53. The van der Waals surface area contributed by atoms with Crippen LogP contribution in [0.1, 0.15) is 12.8 Å². The van der Waals surface area contributed by atoms with Crippen LogP contribution in [0.4, 0.5) is 0 Å². The maximum atomic E-state index is 5.86. The first-order valence-corrected chi connectivity index (χ1v) is 6.97. The quantitative estimate of drug-likeness (QED) is 0.800. The van der Waals surface area contributed by atoms with Crippen LogP contribution in [0, 0.1) is 5.41 Å². The largest absolute Gasteiger partial charge is 0.493 e. The molecule has 2 aromatic rings. The molecule has 88 valence electrons. The molecule has 17 heavy (non-hydrogen) atoms. The number of rotatable bonds is 4. The molecule has 3 rings (SSSR count). The van der Waals surface area contributed by atoms with Crippen molar-refractivity contribution in [2.45, 2.75) is 12.8 Å². The van der Waals surface area contributed by atoms with E-state index in [1.165, 1.54) is 12.8 Å². The third kappa shape index (κ3) is 2.29. The number of hydrogen-bond acceptors (Lipinski definition) is 2. The van der Waals surface area contributed by atoms with Crippen LogP contribution in [0.25, 0.3) is 10.9 Å². The number of nitrogens with zero attached hydrogens (tertiary/aromatic N) is 1. The van der Waals surface area contributed by atoms with Crippen LogP contribution in [0.5, 0.6) is 5.75 Å². The molecule has 2 nitrogen and oxygen atoms in total. The summed E-state index contributed by atoms with van der Waals surface area (Å²) in [5.74, 6) is 0.920. The standard InChI is InChI=1S/C14H14BrNO/c15-9-14(5-6-14)10-17-12-4-3-11-2-1-7-16-13(11)8-12/h1-4,7-8H,5-6,9-10H2. The van der Waals surface area contributed by atoms with E-state index in [1.54, 1.807) is 0 Å². The Morgan fingerprint density at radius 1 is 1.29 bits per heavy atom. The van der Waals surface area contributed by atoms with E-state index in [0.29, 0.717) is 5.41 Å². The topological polar surface area (TPSA) is 22.1 Å². The molecule has 1 aromatic heterocycles. The number of fused-ring (bicyclic) bond motifs is 1. The van der Waals surface area contributed by atoms with E-state index >= 15 is 0 Å². The summed E-state index contributed by atoms with van der Waals surface area (Å²) in [6, 6.07) is 10.1. The fourth-order valence-corrected chi connectivity index (χ4v) is 2.59. The smallest absolute Gasteiger partial charge is 0.121 e. The number of ether oxygens (including phenoxy) is 1. The van der Waals surface area contributed by atoms with Gasteiger partial charge in [0.25, 0.3) is 0 Å². The summed E-state index contributed by atoms with van der Waals surface area (Å²) in [5.41, 5.74) is 1.38. The van der Waals surface area contributed by atoms with Crippen molar-refractivity contribution in [2.75, 3.05) is 11.9 Å². The third-order valence-electron chi connectivity index (χ3n) is 3.36. The molecule has 0 atom stereocenters. The predicted octanol–water partition coefficient (Wildman–Crippen LogP) is 3.79. The minimum atomic E-state index is 0.388. The molecule has 0 N–H and O–H groups in total. The molecular weight excluding hydrogens is 278 g/mol. The molecule has 1 aromatic carbocycles. The van der Waals surface area contributed by atoms with Crippen LogP contribution in [0.2, 0.25) is 0 Å². The summed E-state index contributed by atoms with van der Waals surface area (Å²) in [6.07, 6.45) is 4.35. The highest BCUT2D eigenvalue weighted by molar-refractivity contribution is 9.09. The first kappa shape index (κ1) is 11.0. The fraction of sp³-hybridized carbons (Fsp3) is 0.357. The van der Waals surface area contributed by atoms with E-state index in [1.807, 2.05) is 24.4 Å². The van der Waals surface area contributed by atoms with Crippen LogP contribution in [-0.2, 0) is 0 Å². The average Bonchev–Trinajstić information content (AvgIpc) is 3.17. The van der Waals surface area contributed by atoms with Crippen LogP contribution >= 0.6 is 15.9 Å². The van der Waals surface area contributed by atoms with Gasteiger partial charge in [0.2, 0.25) is 0 Å². The minimum Gasteiger partial charge on any atom is -0.493 e. The molecule has 0 radical (unpaired) electrons. The van der Waals surface area contributed by atoms with Crippen molar-refractivity contribution in [3.05, 3.63) is 36.5 Å². The van der Waals surface area contributed by atoms with Gasteiger partial charge in [-0.15, -0.1) is 0 Å². The van der Waals surface area contributed by atoms with Crippen molar-refractivity contribution >= 4 is 26.8 Å². The maximum Gasteiger partial charge on any atom is 0.121 e. The van der Waals surface area contributed by atoms with Crippen LogP contribution in [-0.4, -0.2) is 16.9 Å². The SMILES string of the molecule is BrCC1(COc2ccc3cccnc3c2)CC1. The predicted molar refractivity (Wildman–Crippen MR) is 72.7 cm³/mol. The molecule has 0 saturated heterocycles. The van der Waals surface area contributed by atoms with Gasteiger partial charge in [0.15, 0.2) is 0 Å². The minimum absolute atomic E-state index is 0.388. The fourth-order valence-electron chi connectivity index (χ4n) is 1.87. The van der Waals surface area contributed by atoms with E-state index in [2.05, 4.69) is 33.0 Å². The lowest BCUT2D eigenvalue weighted by atomic mass is 10.1. The number of hydrogen-bond donors (Lipinski definition) is 0. The number of alkyl halides is 1. The van der Waals surface area contributed by atoms with Gasteiger partial charge in [0, 0.05) is 28.4 Å². The molecule has 0 bridgehead atoms. The third-order valence-corrected chi connectivity index (χ3v) is 4.55. The summed E-state index contributed by atoms with van der Waals surface area (Å²) in [5, 5.41) is 2.19. The monoisotopic (exact) mass is 291 g/mol. The second kappa shape index (κ2) is 4.30. The Morgan fingerprint density at radius 3 is 2.94 bits per heavy atom. The Hall–Kier alpha value is -1.09. The molecular formula is C14H14BrNO. The Labute approximate surface area is 109 Å². The number of aromatic nitrogens is 1. The van der Waals surface area contributed by atoms with Gasteiger partial charge in [-0.2, -0.15) is 0 Å². The van der Waals surface area contributed by atoms with Crippen molar-refractivity contribution in [3.63, 3.8) is 0 Å². The summed E-state index contributed by atoms with van der Waals surface area (Å²) in [7, 11) is 0. The number of benzene rings is 1. The van der Waals surface area contributed by atoms with Crippen molar-refractivity contribution < 1.29 is 4.74 Å². The molecule has 3 heteroatoms. The van der Waals surface area contributed by atoms with E-state index in [4.69, 9.17) is 4.74 Å². The van der Waals surface area contributed by atoms with E-state index in [0.717, 1.165) is 28.6 Å². The Bertz CT molecular complexity index is 536. The Kier molecular flexibility index (Phi) is 2.79. The lowest BCUT2D eigenvalue weighted by molar-refractivity contribution is 0.251. The average molecular weight is 292 g/mol. The normalized spacial score (nSPS) is 17.0. The zero-order valence-corrected chi connectivity index (χ0v) is 11.1. The molecule has 1 heterocycles. The lowest BCUT2D eigenvalue weighted by Crippen LogP contribution is -2.14. The van der Waals surface area contributed by atoms with Gasteiger partial charge in [-0.1, -0.05) is 22.0 Å². The number of halogens is 1. The van der Waals surface area contributed by atoms with Crippen LogP contribution in [0.3, 0.4) is 0 Å². The Balaban J connectivity index is 1.77. The summed E-state index contributed by atoms with van der Waals surface area (Å²) < 4.78 is 5.86. The molecule has 0 amide bonds. The van der Waals surface area contributed by atoms with Crippen molar-refractivity contribution in [3.8, 4) is 5.75 Å². The molecule has 1 aliphatic rings. The molecule has 0 spiro atoms. The molecule has 1 saturated carbocycles. The molecule has 0 aliphatic heterocycles. The van der Waals surface area contributed by atoms with Crippen molar-refractivity contribution in [1.82, 2.24) is 4.98 Å². The first-order chi connectivity index (χ1) is 8.31. The van der Waals surface area contributed by atoms with Crippen LogP contribution < -0.4 is 4.74 Å². The molecule has 1 aliphatic carbocycles. The van der Waals surface area contributed by atoms with Gasteiger partial charge >= 0.3 is 0 Å². The van der Waals surface area contributed by atoms with Gasteiger partial charge < -0.3 is 4.74 Å². The highest BCUT2D eigenvalue weighted by atomic mass is 79.9.